The number of nitrogens with zero attached hydrogens (tertiary/aromatic N) is 2. The van der Waals surface area contributed by atoms with Crippen molar-refractivity contribution < 1.29 is 0 Å². The molecule has 3 heteroatoms. The Morgan fingerprint density at radius 2 is 2.00 bits per heavy atom. The first-order chi connectivity index (χ1) is 5.47. The van der Waals surface area contributed by atoms with Gasteiger partial charge in [-0.25, -0.2) is 0 Å². The Balaban J connectivity index is 2.23. The molecule has 1 aromatic carbocycles. The molecule has 11 heavy (non-hydrogen) atoms. The minimum absolute atomic E-state index is 1.11. The van der Waals surface area contributed by atoms with Crippen LogP contribution >= 0.6 is 11.9 Å². The monoisotopic (exact) mass is 163 g/mol. The molecule has 1 heterocycles. The van der Waals surface area contributed by atoms with Gasteiger partial charge in [0.1, 0.15) is 0 Å². The highest BCUT2D eigenvalue weighted by Gasteiger charge is 2.06. The van der Waals surface area contributed by atoms with Crippen molar-refractivity contribution in [2.24, 2.45) is 0 Å². The number of anilines is 1. The Morgan fingerprint density at radius 1 is 1.18 bits per heavy atom. The molecule has 0 atom stereocenters. The lowest BCUT2D eigenvalue weighted by Gasteiger charge is -2.11. The lowest BCUT2D eigenvalue weighted by Crippen LogP contribution is -2.16. The van der Waals surface area contributed by atoms with Crippen molar-refractivity contribution in [3.63, 3.8) is 0 Å². The van der Waals surface area contributed by atoms with Gasteiger partial charge in [-0.15, -0.1) is 0 Å². The highest BCUT2D eigenvalue weighted by atomic mass is 32.2. The van der Waals surface area contributed by atoms with Gasteiger partial charge in [-0.05, 0) is 24.1 Å². The van der Waals surface area contributed by atoms with E-state index in [-0.39, 0.29) is 0 Å². The van der Waals surface area contributed by atoms with Crippen LogP contribution in [0.4, 0.5) is 5.69 Å². The van der Waals surface area contributed by atoms with Crippen LogP contribution in [0.3, 0.4) is 0 Å². The second-order valence-corrected chi connectivity index (χ2v) is 2.80. The second-order valence-electron chi connectivity index (χ2n) is 2.15. The van der Waals surface area contributed by atoms with E-state index in [0.717, 1.165) is 5.69 Å². The molecular formula is C8H7N2S. The fourth-order valence-corrected chi connectivity index (χ4v) is 1.38. The fraction of sp³-hybridized carbons (Fsp3) is 0. The van der Waals surface area contributed by atoms with E-state index in [1.54, 1.807) is 0 Å². The van der Waals surface area contributed by atoms with Crippen molar-refractivity contribution in [1.29, 1.82) is 0 Å². The van der Waals surface area contributed by atoms with Crippen molar-refractivity contribution in [2.75, 3.05) is 5.01 Å². The molecule has 0 aromatic heterocycles. The molecule has 2 rings (SSSR count). The number of benzene rings is 1. The van der Waals surface area contributed by atoms with E-state index < -0.39 is 0 Å². The number of hydrogen-bond donors (Lipinski definition) is 0. The first-order valence-electron chi connectivity index (χ1n) is 3.34. The molecule has 0 amide bonds. The minimum atomic E-state index is 1.11. The van der Waals surface area contributed by atoms with Crippen molar-refractivity contribution in [1.82, 2.24) is 4.83 Å². The highest BCUT2D eigenvalue weighted by molar-refractivity contribution is 8.00. The average Bonchev–Trinajstić information content (AvgIpc) is 2.58. The average molecular weight is 163 g/mol. The molecule has 2 nitrogen and oxygen atoms in total. The maximum absolute atomic E-state index is 4.14. The van der Waals surface area contributed by atoms with Crippen LogP contribution in [0.5, 0.6) is 0 Å². The predicted molar refractivity (Wildman–Crippen MR) is 47.8 cm³/mol. The molecule has 1 radical (unpaired) electrons. The van der Waals surface area contributed by atoms with Crippen LogP contribution in [-0.2, 0) is 0 Å². The van der Waals surface area contributed by atoms with Crippen molar-refractivity contribution in [3.05, 3.63) is 41.9 Å². The van der Waals surface area contributed by atoms with Crippen LogP contribution in [0.15, 0.2) is 41.9 Å². The third kappa shape index (κ3) is 1.39. The highest BCUT2D eigenvalue weighted by Crippen LogP contribution is 2.19. The van der Waals surface area contributed by atoms with Gasteiger partial charge in [-0.2, -0.15) is 0 Å². The van der Waals surface area contributed by atoms with Crippen LogP contribution in [0.25, 0.3) is 0 Å². The SMILES string of the molecule is C1=CN(c2ccccc2)[N]S1. The fourth-order valence-electron chi connectivity index (χ4n) is 0.904. The standard InChI is InChI=1S/C8H7N2S/c1-2-4-8(5-3-1)10-6-7-11-9-10/h1-7H. The summed E-state index contributed by atoms with van der Waals surface area (Å²) in [4.78, 5) is 4.14. The first-order valence-corrected chi connectivity index (χ1v) is 4.18. The Hall–Kier alpha value is -0.930. The predicted octanol–water partition coefficient (Wildman–Crippen LogP) is 2.15. The van der Waals surface area contributed by atoms with Gasteiger partial charge in [-0.1, -0.05) is 23.0 Å². The summed E-state index contributed by atoms with van der Waals surface area (Å²) in [6, 6.07) is 10.1. The van der Waals surface area contributed by atoms with E-state index in [2.05, 4.69) is 4.83 Å². The van der Waals surface area contributed by atoms with Gasteiger partial charge in [0.25, 0.3) is 0 Å². The van der Waals surface area contributed by atoms with Gasteiger partial charge in [-0.3, -0.25) is 5.01 Å². The summed E-state index contributed by atoms with van der Waals surface area (Å²) in [6.45, 7) is 0. The zero-order chi connectivity index (χ0) is 7.52. The molecule has 0 saturated carbocycles. The van der Waals surface area contributed by atoms with Gasteiger partial charge in [0, 0.05) is 11.6 Å². The van der Waals surface area contributed by atoms with Gasteiger partial charge >= 0.3 is 0 Å². The number of para-hydroxylation sites is 1. The minimum Gasteiger partial charge on any atom is -0.255 e. The van der Waals surface area contributed by atoms with Gasteiger partial charge in [0.2, 0.25) is 0 Å². The van der Waals surface area contributed by atoms with E-state index in [9.17, 15) is 0 Å². The van der Waals surface area contributed by atoms with E-state index in [1.165, 1.54) is 11.9 Å². The molecule has 0 saturated heterocycles. The Bertz CT molecular complexity index is 258. The van der Waals surface area contributed by atoms with Crippen LogP contribution in [0.2, 0.25) is 0 Å². The van der Waals surface area contributed by atoms with Crippen molar-refractivity contribution >= 4 is 17.6 Å². The summed E-state index contributed by atoms with van der Waals surface area (Å²) in [6.07, 6.45) is 1.94. The molecule has 0 bridgehead atoms. The summed E-state index contributed by atoms with van der Waals surface area (Å²) < 4.78 is 0. The smallest absolute Gasteiger partial charge is 0.0597 e. The van der Waals surface area contributed by atoms with Crippen molar-refractivity contribution in [3.8, 4) is 0 Å². The Labute approximate surface area is 70.0 Å². The van der Waals surface area contributed by atoms with Crippen LogP contribution in [-0.4, -0.2) is 0 Å². The van der Waals surface area contributed by atoms with E-state index in [1.807, 2.05) is 46.9 Å². The normalized spacial score (nSPS) is 15.8. The van der Waals surface area contributed by atoms with Gasteiger partial charge < -0.3 is 0 Å². The Morgan fingerprint density at radius 3 is 2.64 bits per heavy atom. The topological polar surface area (TPSA) is 17.3 Å². The zero-order valence-corrected chi connectivity index (χ0v) is 6.66. The molecule has 0 N–H and O–H groups in total. The van der Waals surface area contributed by atoms with Crippen LogP contribution in [0.1, 0.15) is 0 Å². The summed E-state index contributed by atoms with van der Waals surface area (Å²) in [5, 5.41) is 3.80. The summed E-state index contributed by atoms with van der Waals surface area (Å²) in [5.74, 6) is 0. The third-order valence-electron chi connectivity index (χ3n) is 1.42. The first kappa shape index (κ1) is 6.76. The molecule has 55 valence electrons. The summed E-state index contributed by atoms with van der Waals surface area (Å²) >= 11 is 1.45. The van der Waals surface area contributed by atoms with Gasteiger partial charge in [0.15, 0.2) is 0 Å². The van der Waals surface area contributed by atoms with E-state index in [4.69, 9.17) is 0 Å². The molecule has 0 fully saturated rings. The third-order valence-corrected chi connectivity index (χ3v) is 1.93. The van der Waals surface area contributed by atoms with Crippen LogP contribution < -0.4 is 9.84 Å². The molecule has 0 aliphatic carbocycles. The number of hydrogen-bond acceptors (Lipinski definition) is 2. The maximum atomic E-state index is 4.14. The van der Waals surface area contributed by atoms with Crippen molar-refractivity contribution in [2.45, 2.75) is 0 Å². The quantitative estimate of drug-likeness (QED) is 0.590. The Kier molecular flexibility index (Phi) is 1.83. The molecule has 0 unspecified atom stereocenters. The van der Waals surface area contributed by atoms with Crippen LogP contribution in [0, 0.1) is 0 Å². The summed E-state index contributed by atoms with van der Waals surface area (Å²) in [5.41, 5.74) is 1.11. The lowest BCUT2D eigenvalue weighted by molar-refractivity contribution is 0.992. The van der Waals surface area contributed by atoms with Gasteiger partial charge in [0.05, 0.1) is 5.69 Å². The molecule has 1 aliphatic heterocycles. The molecular weight excluding hydrogens is 156 g/mol. The molecule has 0 spiro atoms. The second kappa shape index (κ2) is 2.98. The maximum Gasteiger partial charge on any atom is 0.0597 e. The van der Waals surface area contributed by atoms with E-state index >= 15 is 0 Å². The lowest BCUT2D eigenvalue weighted by atomic mass is 10.3. The number of rotatable bonds is 1. The molecule has 1 aromatic rings. The largest absolute Gasteiger partial charge is 0.255 e. The zero-order valence-electron chi connectivity index (χ0n) is 5.84. The summed E-state index contributed by atoms with van der Waals surface area (Å²) in [7, 11) is 0. The molecule has 1 aliphatic rings. The van der Waals surface area contributed by atoms with E-state index in [0.29, 0.717) is 0 Å².